The Kier molecular flexibility index (Phi) is 6.50. The van der Waals surface area contributed by atoms with Crippen LogP contribution in [0, 0.1) is 6.92 Å². The second-order valence-electron chi connectivity index (χ2n) is 7.96. The van der Waals surface area contributed by atoms with Gasteiger partial charge in [-0.1, -0.05) is 17.7 Å². The quantitative estimate of drug-likeness (QED) is 0.312. The summed E-state index contributed by atoms with van der Waals surface area (Å²) in [6, 6.07) is 7.32. The Bertz CT molecular complexity index is 1110. The molecule has 1 saturated carbocycles. The summed E-state index contributed by atoms with van der Waals surface area (Å²) in [5, 5.41) is 7.71. The largest absolute Gasteiger partial charge is 0.514 e. The van der Waals surface area contributed by atoms with Gasteiger partial charge in [0.05, 0.1) is 5.56 Å². The highest BCUT2D eigenvalue weighted by Gasteiger charge is 2.67. The van der Waals surface area contributed by atoms with Crippen molar-refractivity contribution in [3.05, 3.63) is 59.4 Å². The van der Waals surface area contributed by atoms with Crippen molar-refractivity contribution in [3.8, 4) is 5.75 Å². The highest BCUT2D eigenvalue weighted by molar-refractivity contribution is 7.73. The molecule has 1 aliphatic heterocycles. The van der Waals surface area contributed by atoms with Crippen molar-refractivity contribution in [1.29, 1.82) is 0 Å². The molecule has 1 aromatic carbocycles. The lowest BCUT2D eigenvalue weighted by Crippen LogP contribution is -2.38. The van der Waals surface area contributed by atoms with Crippen LogP contribution in [0.4, 0.5) is 4.79 Å². The summed E-state index contributed by atoms with van der Waals surface area (Å²) in [7, 11) is -10.4. The van der Waals surface area contributed by atoms with Gasteiger partial charge in [-0.2, -0.15) is 0 Å². The highest BCUT2D eigenvalue weighted by Crippen LogP contribution is 2.79. The van der Waals surface area contributed by atoms with Gasteiger partial charge in [-0.25, -0.2) is 4.79 Å². The fourth-order valence-corrected chi connectivity index (χ4v) is 6.94. The Morgan fingerprint density at radius 1 is 1.21 bits per heavy atom. The number of pyridine rings is 1. The molecule has 0 amide bonds. The van der Waals surface area contributed by atoms with Gasteiger partial charge in [0.15, 0.2) is 0 Å². The molecule has 33 heavy (non-hydrogen) atoms. The fraction of sp³-hybridized carbons (Fsp3) is 0.400. The molecular formula is C20H23NO10P2. The van der Waals surface area contributed by atoms with Crippen molar-refractivity contribution >= 4 is 21.3 Å². The standard InChI is InChI=1S/C20H23NO10P2/c1-13-7-8-17(29-19(22)28-15-5-2-6-15)16(10-13)18-30-32(24,25)20(23,33(26,27)31-18)11-14-4-3-9-21-12-14/h3-4,7-10,12,15,18,23H,2,5-6,11H2,1H3,(H,24,25)(H,26,27). The van der Waals surface area contributed by atoms with E-state index in [2.05, 4.69) is 4.98 Å². The van der Waals surface area contributed by atoms with Crippen molar-refractivity contribution in [2.45, 2.75) is 50.1 Å². The number of aliphatic hydroxyl groups is 1. The number of nitrogens with zero attached hydrogens (tertiary/aromatic N) is 1. The molecule has 2 unspecified atom stereocenters. The van der Waals surface area contributed by atoms with Crippen LogP contribution in [0.25, 0.3) is 0 Å². The van der Waals surface area contributed by atoms with E-state index >= 15 is 0 Å². The summed E-state index contributed by atoms with van der Waals surface area (Å²) in [6.45, 7) is 1.68. The van der Waals surface area contributed by atoms with Crippen LogP contribution >= 0.6 is 15.2 Å². The SMILES string of the molecule is Cc1ccc(OC(=O)OC2CCC2)c(C2OP(=O)(O)C(O)(Cc3cccnc3)P(=O)(O)O2)c1. The molecule has 0 spiro atoms. The van der Waals surface area contributed by atoms with Gasteiger partial charge in [-0.3, -0.25) is 23.2 Å². The molecule has 13 heteroatoms. The smallest absolute Gasteiger partial charge is 0.431 e. The molecule has 2 fully saturated rings. The first kappa shape index (κ1) is 24.0. The first-order valence-electron chi connectivity index (χ1n) is 10.1. The monoisotopic (exact) mass is 499 g/mol. The van der Waals surface area contributed by atoms with Crippen LogP contribution in [0.15, 0.2) is 42.7 Å². The Hall–Kier alpha value is -2.10. The second-order valence-corrected chi connectivity index (χ2v) is 12.3. The lowest BCUT2D eigenvalue weighted by molar-refractivity contribution is -0.0591. The topological polar surface area (TPSA) is 162 Å². The Morgan fingerprint density at radius 2 is 1.91 bits per heavy atom. The number of rotatable bonds is 5. The van der Waals surface area contributed by atoms with Crippen LogP contribution in [0.3, 0.4) is 0 Å². The zero-order valence-corrected chi connectivity index (χ0v) is 19.4. The average molecular weight is 499 g/mol. The zero-order valence-electron chi connectivity index (χ0n) is 17.6. The first-order valence-corrected chi connectivity index (χ1v) is 13.3. The number of ether oxygens (including phenoxy) is 2. The third-order valence-corrected chi connectivity index (χ3v) is 10.1. The molecular weight excluding hydrogens is 476 g/mol. The van der Waals surface area contributed by atoms with Gasteiger partial charge in [-0.05, 0) is 49.9 Å². The molecule has 2 heterocycles. The molecule has 1 saturated heterocycles. The van der Waals surface area contributed by atoms with Crippen LogP contribution in [0.2, 0.25) is 0 Å². The van der Waals surface area contributed by atoms with Crippen LogP contribution in [-0.2, 0) is 29.3 Å². The third kappa shape index (κ3) is 4.76. The van der Waals surface area contributed by atoms with Crippen molar-refractivity contribution in [3.63, 3.8) is 0 Å². The maximum Gasteiger partial charge on any atom is 0.514 e. The molecule has 11 nitrogen and oxygen atoms in total. The summed E-state index contributed by atoms with van der Waals surface area (Å²) in [5.74, 6) is -0.146. The zero-order chi connectivity index (χ0) is 23.9. The van der Waals surface area contributed by atoms with Gasteiger partial charge in [0.25, 0.3) is 5.08 Å². The number of hydrogen-bond donors (Lipinski definition) is 3. The molecule has 1 aliphatic carbocycles. The van der Waals surface area contributed by atoms with Gasteiger partial charge in [0, 0.05) is 18.8 Å². The molecule has 178 valence electrons. The molecule has 2 aromatic rings. The van der Waals surface area contributed by atoms with Gasteiger partial charge in [0.2, 0.25) is 6.29 Å². The highest BCUT2D eigenvalue weighted by atomic mass is 31.2. The van der Waals surface area contributed by atoms with Gasteiger partial charge in [0.1, 0.15) is 11.9 Å². The van der Waals surface area contributed by atoms with E-state index in [-0.39, 0.29) is 23.0 Å². The van der Waals surface area contributed by atoms with Crippen LogP contribution in [-0.4, -0.2) is 37.2 Å². The first-order chi connectivity index (χ1) is 15.5. The lowest BCUT2D eigenvalue weighted by atomic mass is 9.96. The van der Waals surface area contributed by atoms with Crippen LogP contribution < -0.4 is 4.74 Å². The molecule has 3 N–H and O–H groups in total. The van der Waals surface area contributed by atoms with E-state index in [9.17, 15) is 28.8 Å². The van der Waals surface area contributed by atoms with Crippen molar-refractivity contribution in [2.75, 3.05) is 0 Å². The Labute approximate surface area is 189 Å². The van der Waals surface area contributed by atoms with Crippen molar-refractivity contribution in [2.24, 2.45) is 0 Å². The third-order valence-electron chi connectivity index (χ3n) is 5.47. The summed E-state index contributed by atoms with van der Waals surface area (Å²) >= 11 is 0. The average Bonchev–Trinajstić information content (AvgIpc) is 2.71. The number of benzene rings is 1. The molecule has 2 aliphatic rings. The minimum atomic E-state index is -5.19. The predicted octanol–water partition coefficient (Wildman–Crippen LogP) is 3.76. The molecule has 2 atom stereocenters. The van der Waals surface area contributed by atoms with Gasteiger partial charge < -0.3 is 24.4 Å². The van der Waals surface area contributed by atoms with E-state index in [1.807, 2.05) is 0 Å². The van der Waals surface area contributed by atoms with E-state index in [0.717, 1.165) is 19.3 Å². The molecule has 0 radical (unpaired) electrons. The molecule has 4 rings (SSSR count). The summed E-state index contributed by atoms with van der Waals surface area (Å²) in [5.41, 5.74) is 0.744. The molecule has 1 aromatic heterocycles. The van der Waals surface area contributed by atoms with Gasteiger partial charge in [-0.15, -0.1) is 0 Å². The van der Waals surface area contributed by atoms with E-state index in [1.54, 1.807) is 13.0 Å². The van der Waals surface area contributed by atoms with Crippen LogP contribution in [0.5, 0.6) is 5.75 Å². The maximum atomic E-state index is 13.0. The minimum Gasteiger partial charge on any atom is -0.431 e. The Morgan fingerprint density at radius 3 is 2.48 bits per heavy atom. The maximum absolute atomic E-state index is 13.0. The van der Waals surface area contributed by atoms with E-state index < -0.39 is 39.1 Å². The predicted molar refractivity (Wildman–Crippen MR) is 113 cm³/mol. The Balaban J connectivity index is 1.62. The number of aromatic nitrogens is 1. The minimum absolute atomic E-state index is 0.0902. The number of carbonyl (C=O) groups excluding carboxylic acids is 1. The van der Waals surface area contributed by atoms with E-state index in [4.69, 9.17) is 18.5 Å². The fourth-order valence-electron chi connectivity index (χ4n) is 3.38. The van der Waals surface area contributed by atoms with E-state index in [0.29, 0.717) is 5.56 Å². The number of hydrogen-bond acceptors (Lipinski definition) is 9. The summed E-state index contributed by atoms with van der Waals surface area (Å²) in [6.07, 6.45) is 1.26. The normalized spacial score (nSPS) is 32.1. The second kappa shape index (κ2) is 8.92. The summed E-state index contributed by atoms with van der Waals surface area (Å²) < 4.78 is 46.7. The summed E-state index contributed by atoms with van der Waals surface area (Å²) in [4.78, 5) is 37.0. The van der Waals surface area contributed by atoms with E-state index in [1.165, 1.54) is 36.7 Å². The number of aryl methyl sites for hydroxylation is 1. The number of carbonyl (C=O) groups is 1. The lowest BCUT2D eigenvalue weighted by Gasteiger charge is -2.41. The van der Waals surface area contributed by atoms with Crippen molar-refractivity contribution in [1.82, 2.24) is 4.98 Å². The van der Waals surface area contributed by atoms with Crippen LogP contribution in [0.1, 0.15) is 42.2 Å². The molecule has 0 bridgehead atoms. The van der Waals surface area contributed by atoms with Gasteiger partial charge >= 0.3 is 21.3 Å². The van der Waals surface area contributed by atoms with Crippen molar-refractivity contribution < 1.29 is 47.3 Å².